The fourth-order valence-corrected chi connectivity index (χ4v) is 2.05. The Bertz CT molecular complexity index is 566. The summed E-state index contributed by atoms with van der Waals surface area (Å²) in [6, 6.07) is 9.55. The van der Waals surface area contributed by atoms with Gasteiger partial charge < -0.3 is 0 Å². The molecule has 0 bridgehead atoms. The van der Waals surface area contributed by atoms with Gasteiger partial charge in [-0.3, -0.25) is 4.79 Å². The largest absolute Gasteiger partial charge is 0.288 e. The quantitative estimate of drug-likeness (QED) is 0.737. The lowest BCUT2D eigenvalue weighted by Crippen LogP contribution is -2.06. The van der Waals surface area contributed by atoms with Crippen LogP contribution in [0.4, 0.5) is 4.39 Å². The molecule has 0 fully saturated rings. The number of ketones is 1. The standard InChI is InChI=1S/C15H12ClFO/c1-9-3-5-12(10(2)7-9)15(18)13-6-4-11(16)8-14(13)17/h3-8H,1-2H3. The molecule has 0 spiro atoms. The van der Waals surface area contributed by atoms with E-state index in [-0.39, 0.29) is 16.4 Å². The van der Waals surface area contributed by atoms with Crippen molar-refractivity contribution in [3.8, 4) is 0 Å². The highest BCUT2D eigenvalue weighted by Crippen LogP contribution is 2.20. The summed E-state index contributed by atoms with van der Waals surface area (Å²) in [5.74, 6) is -0.908. The van der Waals surface area contributed by atoms with Crippen LogP contribution in [0.3, 0.4) is 0 Å². The molecule has 0 aliphatic heterocycles. The minimum Gasteiger partial charge on any atom is -0.288 e. The molecule has 0 heterocycles. The van der Waals surface area contributed by atoms with E-state index in [0.717, 1.165) is 17.2 Å². The zero-order valence-electron chi connectivity index (χ0n) is 10.1. The summed E-state index contributed by atoms with van der Waals surface area (Å²) in [4.78, 5) is 12.2. The van der Waals surface area contributed by atoms with Gasteiger partial charge in [0.15, 0.2) is 5.78 Å². The van der Waals surface area contributed by atoms with E-state index in [1.165, 1.54) is 12.1 Å². The monoisotopic (exact) mass is 262 g/mol. The second-order valence-electron chi connectivity index (χ2n) is 4.27. The van der Waals surface area contributed by atoms with Crippen LogP contribution < -0.4 is 0 Å². The number of benzene rings is 2. The van der Waals surface area contributed by atoms with Crippen molar-refractivity contribution in [1.82, 2.24) is 0 Å². The Balaban J connectivity index is 2.48. The lowest BCUT2D eigenvalue weighted by molar-refractivity contribution is 0.103. The summed E-state index contributed by atoms with van der Waals surface area (Å²) in [6.07, 6.45) is 0. The second-order valence-corrected chi connectivity index (χ2v) is 4.71. The van der Waals surface area contributed by atoms with Gasteiger partial charge in [0.1, 0.15) is 5.82 Å². The highest BCUT2D eigenvalue weighted by Gasteiger charge is 2.16. The Hall–Kier alpha value is -1.67. The molecule has 2 aromatic rings. The van der Waals surface area contributed by atoms with Crippen molar-refractivity contribution >= 4 is 17.4 Å². The van der Waals surface area contributed by atoms with Crippen LogP contribution in [0.2, 0.25) is 5.02 Å². The van der Waals surface area contributed by atoms with Crippen molar-refractivity contribution in [2.45, 2.75) is 13.8 Å². The van der Waals surface area contributed by atoms with Crippen LogP contribution >= 0.6 is 11.6 Å². The SMILES string of the molecule is Cc1ccc(C(=O)c2ccc(Cl)cc2F)c(C)c1. The van der Waals surface area contributed by atoms with Crippen molar-refractivity contribution in [3.05, 3.63) is 69.5 Å². The van der Waals surface area contributed by atoms with Gasteiger partial charge in [-0.05, 0) is 37.6 Å². The molecular weight excluding hydrogens is 251 g/mol. The van der Waals surface area contributed by atoms with Crippen molar-refractivity contribution in [1.29, 1.82) is 0 Å². The van der Waals surface area contributed by atoms with Gasteiger partial charge in [-0.1, -0.05) is 35.4 Å². The van der Waals surface area contributed by atoms with Gasteiger partial charge in [0.25, 0.3) is 0 Å². The average molecular weight is 263 g/mol. The highest BCUT2D eigenvalue weighted by atomic mass is 35.5. The molecule has 18 heavy (non-hydrogen) atoms. The van der Waals surface area contributed by atoms with Crippen LogP contribution in [-0.4, -0.2) is 5.78 Å². The fraction of sp³-hybridized carbons (Fsp3) is 0.133. The maximum Gasteiger partial charge on any atom is 0.196 e. The van der Waals surface area contributed by atoms with Crippen molar-refractivity contribution in [2.75, 3.05) is 0 Å². The van der Waals surface area contributed by atoms with Gasteiger partial charge in [0.05, 0.1) is 5.56 Å². The maximum atomic E-state index is 13.7. The Morgan fingerprint density at radius 2 is 1.72 bits per heavy atom. The maximum absolute atomic E-state index is 13.7. The van der Waals surface area contributed by atoms with Gasteiger partial charge in [-0.25, -0.2) is 4.39 Å². The molecule has 3 heteroatoms. The number of hydrogen-bond donors (Lipinski definition) is 0. The third-order valence-electron chi connectivity index (χ3n) is 2.80. The Morgan fingerprint density at radius 3 is 2.33 bits per heavy atom. The topological polar surface area (TPSA) is 17.1 Å². The summed E-state index contributed by atoms with van der Waals surface area (Å²) >= 11 is 5.67. The predicted molar refractivity (Wildman–Crippen MR) is 70.8 cm³/mol. The van der Waals surface area contributed by atoms with Crippen LogP contribution in [0.5, 0.6) is 0 Å². The number of rotatable bonds is 2. The molecule has 0 aliphatic carbocycles. The van der Waals surface area contributed by atoms with Gasteiger partial charge in [0.2, 0.25) is 0 Å². The van der Waals surface area contributed by atoms with Gasteiger partial charge >= 0.3 is 0 Å². The van der Waals surface area contributed by atoms with Crippen molar-refractivity contribution < 1.29 is 9.18 Å². The van der Waals surface area contributed by atoms with E-state index >= 15 is 0 Å². The lowest BCUT2D eigenvalue weighted by atomic mass is 9.97. The third kappa shape index (κ3) is 2.44. The molecule has 2 rings (SSSR count). The number of hydrogen-bond acceptors (Lipinski definition) is 1. The molecule has 0 saturated heterocycles. The summed E-state index contributed by atoms with van der Waals surface area (Å²) < 4.78 is 13.7. The van der Waals surface area contributed by atoms with Crippen LogP contribution in [0, 0.1) is 19.7 Å². The summed E-state index contributed by atoms with van der Waals surface area (Å²) in [7, 11) is 0. The molecule has 0 N–H and O–H groups in total. The van der Waals surface area contributed by atoms with Crippen LogP contribution in [0.15, 0.2) is 36.4 Å². The predicted octanol–water partition coefficient (Wildman–Crippen LogP) is 4.33. The summed E-state index contributed by atoms with van der Waals surface area (Å²) in [5.41, 5.74) is 2.48. The van der Waals surface area contributed by atoms with E-state index in [1.807, 2.05) is 26.0 Å². The molecule has 92 valence electrons. The summed E-state index contributed by atoms with van der Waals surface area (Å²) in [6.45, 7) is 3.79. The van der Waals surface area contributed by atoms with E-state index in [2.05, 4.69) is 0 Å². The molecule has 0 unspecified atom stereocenters. The first kappa shape index (κ1) is 12.8. The second kappa shape index (κ2) is 4.91. The molecule has 0 radical (unpaired) electrons. The molecule has 0 saturated carbocycles. The first-order valence-electron chi connectivity index (χ1n) is 5.56. The normalized spacial score (nSPS) is 10.4. The first-order valence-corrected chi connectivity index (χ1v) is 5.94. The molecule has 2 aromatic carbocycles. The lowest BCUT2D eigenvalue weighted by Gasteiger charge is -2.07. The van der Waals surface area contributed by atoms with E-state index in [0.29, 0.717) is 5.56 Å². The molecule has 0 aromatic heterocycles. The smallest absolute Gasteiger partial charge is 0.196 e. The highest BCUT2D eigenvalue weighted by molar-refractivity contribution is 6.30. The number of carbonyl (C=O) groups is 1. The van der Waals surface area contributed by atoms with Crippen molar-refractivity contribution in [2.24, 2.45) is 0 Å². The Labute approximate surface area is 110 Å². The Kier molecular flexibility index (Phi) is 3.48. The molecular formula is C15H12ClFO. The average Bonchev–Trinajstić information content (AvgIpc) is 2.28. The third-order valence-corrected chi connectivity index (χ3v) is 3.04. The number of halogens is 2. The van der Waals surface area contributed by atoms with Gasteiger partial charge in [-0.15, -0.1) is 0 Å². The fourth-order valence-electron chi connectivity index (χ4n) is 1.89. The van der Waals surface area contributed by atoms with E-state index in [4.69, 9.17) is 11.6 Å². The molecule has 0 atom stereocenters. The Morgan fingerprint density at radius 1 is 1.06 bits per heavy atom. The van der Waals surface area contributed by atoms with Crippen LogP contribution in [0.1, 0.15) is 27.0 Å². The number of aryl methyl sites for hydroxylation is 2. The molecule has 0 amide bonds. The van der Waals surface area contributed by atoms with E-state index in [1.54, 1.807) is 6.07 Å². The van der Waals surface area contributed by atoms with E-state index < -0.39 is 5.82 Å². The zero-order valence-corrected chi connectivity index (χ0v) is 10.9. The molecule has 0 aliphatic rings. The minimum absolute atomic E-state index is 0.0475. The first-order chi connectivity index (χ1) is 8.49. The van der Waals surface area contributed by atoms with Crippen molar-refractivity contribution in [3.63, 3.8) is 0 Å². The minimum atomic E-state index is -0.590. The van der Waals surface area contributed by atoms with Crippen LogP contribution in [-0.2, 0) is 0 Å². The van der Waals surface area contributed by atoms with Crippen LogP contribution in [0.25, 0.3) is 0 Å². The summed E-state index contributed by atoms with van der Waals surface area (Å²) in [5, 5.41) is 0.282. The van der Waals surface area contributed by atoms with Gasteiger partial charge in [-0.2, -0.15) is 0 Å². The van der Waals surface area contributed by atoms with Gasteiger partial charge in [0, 0.05) is 10.6 Å². The zero-order chi connectivity index (χ0) is 13.3. The number of carbonyl (C=O) groups excluding carboxylic acids is 1. The van der Waals surface area contributed by atoms with E-state index in [9.17, 15) is 9.18 Å². The molecule has 1 nitrogen and oxygen atoms in total.